The number of benzene rings is 2. The Hall–Kier alpha value is -0.617. The molecule has 0 amide bonds. The van der Waals surface area contributed by atoms with Crippen molar-refractivity contribution in [3.8, 4) is 0 Å². The molecule has 0 heterocycles. The van der Waals surface area contributed by atoms with Crippen molar-refractivity contribution < 1.29 is 49.5 Å². The quantitative estimate of drug-likeness (QED) is 0.537. The second kappa shape index (κ2) is 9.68. The van der Waals surface area contributed by atoms with E-state index in [4.69, 9.17) is 0 Å². The Morgan fingerprint density at radius 2 is 1.48 bits per heavy atom. The first-order valence-corrected chi connectivity index (χ1v) is 11.9. The average Bonchev–Trinajstić information content (AvgIpc) is 3.15. The van der Waals surface area contributed by atoms with Crippen LogP contribution < -0.4 is 24.8 Å². The van der Waals surface area contributed by atoms with Gasteiger partial charge in [0, 0.05) is 0 Å². The molecule has 5 rings (SSSR count). The number of halogens is 2. The fourth-order valence-corrected chi connectivity index (χ4v) is 6.84. The van der Waals surface area contributed by atoms with Crippen molar-refractivity contribution in [2.24, 2.45) is 5.41 Å². The predicted octanol–water partition coefficient (Wildman–Crippen LogP) is 1.29. The van der Waals surface area contributed by atoms with Crippen LogP contribution in [-0.2, 0) is 24.7 Å². The van der Waals surface area contributed by atoms with Crippen LogP contribution in [0.25, 0.3) is 12.2 Å². The Morgan fingerprint density at radius 1 is 0.862 bits per heavy atom. The van der Waals surface area contributed by atoms with Crippen molar-refractivity contribution in [2.75, 3.05) is 0 Å². The molecule has 3 aliphatic carbocycles. The van der Waals surface area contributed by atoms with E-state index in [1.54, 1.807) is 35.8 Å². The van der Waals surface area contributed by atoms with Crippen LogP contribution in [0, 0.1) is 5.41 Å². The van der Waals surface area contributed by atoms with Crippen LogP contribution in [0.1, 0.15) is 72.6 Å². The monoisotopic (exact) mass is 499 g/mol. The predicted molar refractivity (Wildman–Crippen MR) is 110 cm³/mol. The third-order valence-electron chi connectivity index (χ3n) is 6.98. The zero-order valence-electron chi connectivity index (χ0n) is 16.7. The van der Waals surface area contributed by atoms with Gasteiger partial charge in [-0.05, 0) is 0 Å². The molecule has 1 fully saturated rings. The Bertz CT molecular complexity index is 897. The van der Waals surface area contributed by atoms with E-state index in [1.165, 1.54) is 49.7 Å². The SMILES string of the molecule is [Cl-].[Cl-].[Zr+2][CH](CCCC1C=Cc2ccccc21)CC1(C2C=Cc3ccccc32)CC1. The summed E-state index contributed by atoms with van der Waals surface area (Å²) in [5, 5.41) is 0. The van der Waals surface area contributed by atoms with Crippen molar-refractivity contribution in [3.63, 3.8) is 0 Å². The molecule has 0 saturated heterocycles. The fourth-order valence-electron chi connectivity index (χ4n) is 5.34. The number of rotatable bonds is 7. The van der Waals surface area contributed by atoms with E-state index in [1.807, 2.05) is 0 Å². The number of hydrogen-bond donors (Lipinski definition) is 0. The Labute approximate surface area is 202 Å². The molecule has 1 saturated carbocycles. The van der Waals surface area contributed by atoms with Gasteiger partial charge in [-0.1, -0.05) is 0 Å². The van der Waals surface area contributed by atoms with Crippen molar-refractivity contribution in [1.82, 2.24) is 0 Å². The van der Waals surface area contributed by atoms with Crippen LogP contribution >= 0.6 is 0 Å². The van der Waals surface area contributed by atoms with E-state index in [2.05, 4.69) is 72.8 Å². The molecule has 3 heteroatoms. The molecular weight excluding hydrogens is 474 g/mol. The standard InChI is InChI=1S/C26H27.2ClH.Zr/c1(2-8-20-13-14-21-9-3-5-11-23(20)21)7-17-26(18-19-26)25-16-15-22-10-4-6-12-24(22)25;;;/h3-7,9-16,20,25H,1-2,8,17-19H2;2*1H;/q;;;+2/p-2. The summed E-state index contributed by atoms with van der Waals surface area (Å²) in [5.74, 6) is 1.34. The summed E-state index contributed by atoms with van der Waals surface area (Å²) in [7, 11) is 0. The first kappa shape index (κ1) is 23.1. The minimum atomic E-state index is 0. The van der Waals surface area contributed by atoms with Gasteiger partial charge in [0.05, 0.1) is 0 Å². The van der Waals surface area contributed by atoms with Crippen LogP contribution in [0.3, 0.4) is 0 Å². The van der Waals surface area contributed by atoms with E-state index in [9.17, 15) is 0 Å². The molecule has 3 atom stereocenters. The summed E-state index contributed by atoms with van der Waals surface area (Å²) in [5.41, 5.74) is 6.61. The van der Waals surface area contributed by atoms with Gasteiger partial charge in [0.15, 0.2) is 0 Å². The van der Waals surface area contributed by atoms with Gasteiger partial charge in [-0.25, -0.2) is 0 Å². The van der Waals surface area contributed by atoms with E-state index < -0.39 is 0 Å². The second-order valence-electron chi connectivity index (χ2n) is 8.75. The summed E-state index contributed by atoms with van der Waals surface area (Å²) in [6.45, 7) is 0. The molecule has 0 spiro atoms. The first-order chi connectivity index (χ1) is 13.3. The third-order valence-corrected chi connectivity index (χ3v) is 8.19. The summed E-state index contributed by atoms with van der Waals surface area (Å²) in [4.78, 5) is 0. The zero-order valence-corrected chi connectivity index (χ0v) is 20.6. The molecule has 0 bridgehead atoms. The van der Waals surface area contributed by atoms with E-state index in [0.29, 0.717) is 17.3 Å². The van der Waals surface area contributed by atoms with Crippen LogP contribution in [-0.4, -0.2) is 0 Å². The van der Waals surface area contributed by atoms with Gasteiger partial charge in [-0.2, -0.15) is 0 Å². The molecule has 3 unspecified atom stereocenters. The normalized spacial score (nSPS) is 23.0. The Morgan fingerprint density at radius 3 is 2.21 bits per heavy atom. The maximum atomic E-state index is 2.50. The first-order valence-electron chi connectivity index (χ1n) is 10.5. The molecule has 0 N–H and O–H groups in total. The molecule has 29 heavy (non-hydrogen) atoms. The van der Waals surface area contributed by atoms with E-state index in [-0.39, 0.29) is 24.8 Å². The average molecular weight is 502 g/mol. The van der Waals surface area contributed by atoms with Crippen molar-refractivity contribution in [3.05, 3.63) is 82.9 Å². The molecule has 3 aliphatic rings. The van der Waals surface area contributed by atoms with Crippen molar-refractivity contribution in [2.45, 2.75) is 54.0 Å². The van der Waals surface area contributed by atoms with Gasteiger partial charge in [-0.3, -0.25) is 0 Å². The summed E-state index contributed by atoms with van der Waals surface area (Å²) in [6.07, 6.45) is 18.0. The van der Waals surface area contributed by atoms with Crippen molar-refractivity contribution in [1.29, 1.82) is 0 Å². The van der Waals surface area contributed by atoms with Gasteiger partial charge in [0.2, 0.25) is 0 Å². The molecule has 2 aromatic carbocycles. The second-order valence-corrected chi connectivity index (χ2v) is 10.8. The number of allylic oxidation sites excluding steroid dienone is 2. The van der Waals surface area contributed by atoms with Gasteiger partial charge in [0.25, 0.3) is 0 Å². The summed E-state index contributed by atoms with van der Waals surface area (Å²) in [6, 6.07) is 18.0. The summed E-state index contributed by atoms with van der Waals surface area (Å²) < 4.78 is 0.918. The summed E-state index contributed by atoms with van der Waals surface area (Å²) >= 11 is 1.74. The Kier molecular flexibility index (Phi) is 7.69. The molecular formula is C26H27Cl2Zr. The molecule has 0 aliphatic heterocycles. The van der Waals surface area contributed by atoms with E-state index >= 15 is 0 Å². The van der Waals surface area contributed by atoms with Crippen molar-refractivity contribution >= 4 is 12.2 Å². The molecule has 0 aromatic heterocycles. The van der Waals surface area contributed by atoms with Crippen LogP contribution in [0.4, 0.5) is 0 Å². The van der Waals surface area contributed by atoms with E-state index in [0.717, 1.165) is 3.63 Å². The molecule has 0 radical (unpaired) electrons. The molecule has 2 aromatic rings. The zero-order chi connectivity index (χ0) is 18.3. The van der Waals surface area contributed by atoms with Gasteiger partial charge >= 0.3 is 179 Å². The Balaban J connectivity index is 0.00000120. The number of hydrogen-bond acceptors (Lipinski definition) is 0. The molecule has 0 nitrogen and oxygen atoms in total. The van der Waals surface area contributed by atoms with Gasteiger partial charge in [0.1, 0.15) is 0 Å². The van der Waals surface area contributed by atoms with Crippen LogP contribution in [0.2, 0.25) is 3.63 Å². The molecule has 149 valence electrons. The topological polar surface area (TPSA) is 0 Å². The maximum absolute atomic E-state index is 2.50. The fraction of sp³-hybridized carbons (Fsp3) is 0.385. The number of fused-ring (bicyclic) bond motifs is 2. The van der Waals surface area contributed by atoms with Gasteiger partial charge < -0.3 is 24.8 Å². The van der Waals surface area contributed by atoms with Crippen LogP contribution in [0.15, 0.2) is 60.7 Å². The van der Waals surface area contributed by atoms with Gasteiger partial charge in [-0.15, -0.1) is 0 Å². The van der Waals surface area contributed by atoms with Crippen LogP contribution in [0.5, 0.6) is 0 Å². The minimum absolute atomic E-state index is 0. The third kappa shape index (κ3) is 4.68.